The van der Waals surface area contributed by atoms with Gasteiger partial charge in [-0.25, -0.2) is 9.97 Å². The summed E-state index contributed by atoms with van der Waals surface area (Å²) >= 11 is 3.72. The van der Waals surface area contributed by atoms with Crippen LogP contribution in [0.3, 0.4) is 0 Å². The van der Waals surface area contributed by atoms with Crippen LogP contribution in [0.4, 0.5) is 0 Å². The predicted molar refractivity (Wildman–Crippen MR) is 185 cm³/mol. The lowest BCUT2D eigenvalue weighted by Crippen LogP contribution is -2.06. The lowest BCUT2D eigenvalue weighted by atomic mass is 10.0. The minimum Gasteiger partial charge on any atom is -0.456 e. The zero-order valence-electron chi connectivity index (χ0n) is 23.0. The average Bonchev–Trinajstić information content (AvgIpc) is 3.73. The fourth-order valence-electron chi connectivity index (χ4n) is 7.22. The van der Waals surface area contributed by atoms with E-state index in [9.17, 15) is 0 Å². The molecule has 1 aliphatic heterocycles. The van der Waals surface area contributed by atoms with Crippen molar-refractivity contribution in [2.45, 2.75) is 0 Å². The Hall–Kier alpha value is -5.30. The molecule has 0 saturated carbocycles. The van der Waals surface area contributed by atoms with Gasteiger partial charge in [0.15, 0.2) is 0 Å². The molecule has 0 radical (unpaired) electrons. The number of hydrogen-bond donors (Lipinski definition) is 0. The molecule has 0 atom stereocenters. The maximum Gasteiger partial charge on any atom is 0.235 e. The molecule has 0 N–H and O–H groups in total. The van der Waals surface area contributed by atoms with Gasteiger partial charge in [0.05, 0.1) is 27.6 Å². The van der Waals surface area contributed by atoms with Crippen LogP contribution in [-0.4, -0.2) is 14.5 Å². The van der Waals surface area contributed by atoms with Gasteiger partial charge >= 0.3 is 0 Å². The first-order valence-corrected chi connectivity index (χ1v) is 16.2. The van der Waals surface area contributed by atoms with Crippen LogP contribution in [0.1, 0.15) is 0 Å². The summed E-state index contributed by atoms with van der Waals surface area (Å²) in [7, 11) is 0. The number of hydrogen-bond acceptors (Lipinski definition) is 5. The first kappa shape index (κ1) is 23.2. The largest absolute Gasteiger partial charge is 0.456 e. The molecule has 204 valence electrons. The van der Waals surface area contributed by atoms with Crippen molar-refractivity contribution < 1.29 is 4.74 Å². The molecule has 0 saturated heterocycles. The Morgan fingerprint density at radius 3 is 1.80 bits per heavy atom. The van der Waals surface area contributed by atoms with E-state index in [1.807, 2.05) is 53.0 Å². The highest BCUT2D eigenvalue weighted by Crippen LogP contribution is 2.49. The Balaban J connectivity index is 1.38. The number of fused-ring (bicyclic) bond motifs is 13. The SMILES string of the molecule is c1ccc2c(c1)Oc1cccc3nc(-n4c5ccc6sc7ccccc7c6c5c5c6c(ccc54)sc4ccccc46)nc-2c13. The minimum atomic E-state index is 0.666. The fraction of sp³-hybridized carbons (Fsp3) is 0. The van der Waals surface area contributed by atoms with E-state index in [0.717, 1.165) is 44.7 Å². The Morgan fingerprint density at radius 2 is 1.09 bits per heavy atom. The first-order valence-electron chi connectivity index (χ1n) is 14.6. The fourth-order valence-corrected chi connectivity index (χ4v) is 9.45. The molecule has 0 amide bonds. The maximum atomic E-state index is 6.30. The highest BCUT2D eigenvalue weighted by Gasteiger charge is 2.26. The number of para-hydroxylation sites is 1. The van der Waals surface area contributed by atoms with Crippen molar-refractivity contribution in [3.63, 3.8) is 0 Å². The summed E-state index contributed by atoms with van der Waals surface area (Å²) < 4.78 is 13.8. The van der Waals surface area contributed by atoms with Crippen molar-refractivity contribution in [2.75, 3.05) is 0 Å². The number of aromatic nitrogens is 3. The molecule has 0 spiro atoms. The summed E-state index contributed by atoms with van der Waals surface area (Å²) in [6, 6.07) is 40.8. The normalized spacial score (nSPS) is 12.7. The van der Waals surface area contributed by atoms with Gasteiger partial charge < -0.3 is 4.74 Å². The summed E-state index contributed by atoms with van der Waals surface area (Å²) in [5, 5.41) is 8.67. The Labute approximate surface area is 258 Å². The van der Waals surface area contributed by atoms with E-state index in [1.54, 1.807) is 0 Å². The van der Waals surface area contributed by atoms with Crippen molar-refractivity contribution in [1.82, 2.24) is 14.5 Å². The van der Waals surface area contributed by atoms with Gasteiger partial charge in [-0.1, -0.05) is 54.6 Å². The monoisotopic (exact) mass is 597 g/mol. The third kappa shape index (κ3) is 2.87. The molecule has 0 aliphatic carbocycles. The minimum absolute atomic E-state index is 0.666. The number of ether oxygens (including phenoxy) is 1. The van der Waals surface area contributed by atoms with Gasteiger partial charge in [-0.05, 0) is 60.7 Å². The zero-order chi connectivity index (χ0) is 28.5. The van der Waals surface area contributed by atoms with Crippen LogP contribution in [0.25, 0.3) is 90.3 Å². The smallest absolute Gasteiger partial charge is 0.235 e. The molecular formula is C38H19N3OS2. The molecular weight excluding hydrogens is 579 g/mol. The van der Waals surface area contributed by atoms with E-state index in [-0.39, 0.29) is 0 Å². The van der Waals surface area contributed by atoms with Crippen LogP contribution < -0.4 is 4.74 Å². The van der Waals surface area contributed by atoms with Gasteiger partial charge in [-0.3, -0.25) is 4.57 Å². The first-order chi connectivity index (χ1) is 21.8. The van der Waals surface area contributed by atoms with Crippen molar-refractivity contribution in [3.05, 3.63) is 115 Å². The molecule has 11 rings (SSSR count). The van der Waals surface area contributed by atoms with Gasteiger partial charge in [0.1, 0.15) is 11.5 Å². The highest BCUT2D eigenvalue weighted by molar-refractivity contribution is 7.26. The number of benzene rings is 6. The Bertz CT molecular complexity index is 2750. The number of rotatable bonds is 1. The molecule has 6 aromatic carbocycles. The van der Waals surface area contributed by atoms with Crippen molar-refractivity contribution in [1.29, 1.82) is 0 Å². The zero-order valence-corrected chi connectivity index (χ0v) is 24.7. The van der Waals surface area contributed by atoms with Crippen LogP contribution in [0.15, 0.2) is 115 Å². The Kier molecular flexibility index (Phi) is 4.32. The van der Waals surface area contributed by atoms with Gasteiger partial charge in [-0.15, -0.1) is 22.7 Å². The summed E-state index contributed by atoms with van der Waals surface area (Å²) in [6.45, 7) is 0. The number of thiophene rings is 2. The molecule has 10 aromatic rings. The molecule has 1 aliphatic rings. The topological polar surface area (TPSA) is 39.9 Å². The summed E-state index contributed by atoms with van der Waals surface area (Å²) in [6.07, 6.45) is 0. The average molecular weight is 598 g/mol. The molecule has 0 fully saturated rings. The lowest BCUT2D eigenvalue weighted by Gasteiger charge is -2.20. The molecule has 0 bridgehead atoms. The van der Waals surface area contributed by atoms with Crippen molar-refractivity contribution in [2.24, 2.45) is 0 Å². The molecule has 0 unspecified atom stereocenters. The molecule has 5 heterocycles. The second-order valence-electron chi connectivity index (χ2n) is 11.3. The standard InChI is InChI=1S/C38H19N3OS2/c1-4-12-26-20(8-1)37-34-23(11-7-13-27(34)42-26)39-38(40-37)41-24-16-18-30-32(21-9-2-5-14-28(21)43-30)35(24)36-25(41)17-19-31-33(36)22-10-3-6-15-29(22)44-31/h1-19H. The number of nitrogens with zero attached hydrogens (tertiary/aromatic N) is 3. The summed E-state index contributed by atoms with van der Waals surface area (Å²) in [5.41, 5.74) is 4.99. The lowest BCUT2D eigenvalue weighted by molar-refractivity contribution is 0.486. The van der Waals surface area contributed by atoms with E-state index in [0.29, 0.717) is 5.95 Å². The predicted octanol–water partition coefficient (Wildman–Crippen LogP) is 11.2. The van der Waals surface area contributed by atoms with Gasteiger partial charge in [0.2, 0.25) is 5.95 Å². The van der Waals surface area contributed by atoms with Crippen LogP contribution in [-0.2, 0) is 0 Å². The van der Waals surface area contributed by atoms with Gasteiger partial charge in [0.25, 0.3) is 0 Å². The van der Waals surface area contributed by atoms with E-state index >= 15 is 0 Å². The molecule has 6 heteroatoms. The van der Waals surface area contributed by atoms with Crippen molar-refractivity contribution in [3.8, 4) is 28.7 Å². The Morgan fingerprint density at radius 1 is 0.477 bits per heavy atom. The van der Waals surface area contributed by atoms with E-state index in [2.05, 4.69) is 89.5 Å². The van der Waals surface area contributed by atoms with Crippen LogP contribution in [0, 0.1) is 0 Å². The molecule has 4 nitrogen and oxygen atoms in total. The summed E-state index contributed by atoms with van der Waals surface area (Å²) in [5.74, 6) is 2.28. The van der Waals surface area contributed by atoms with Crippen LogP contribution in [0.5, 0.6) is 11.5 Å². The molecule has 44 heavy (non-hydrogen) atoms. The second kappa shape index (κ2) is 8.20. The third-order valence-corrected chi connectivity index (χ3v) is 11.3. The van der Waals surface area contributed by atoms with E-state index in [4.69, 9.17) is 14.7 Å². The summed E-state index contributed by atoms with van der Waals surface area (Å²) in [4.78, 5) is 10.6. The molecule has 4 aromatic heterocycles. The maximum absolute atomic E-state index is 6.30. The van der Waals surface area contributed by atoms with Crippen LogP contribution in [0.2, 0.25) is 0 Å². The van der Waals surface area contributed by atoms with E-state index < -0.39 is 0 Å². The van der Waals surface area contributed by atoms with Crippen LogP contribution >= 0.6 is 22.7 Å². The highest BCUT2D eigenvalue weighted by atomic mass is 32.1. The van der Waals surface area contributed by atoms with Crippen molar-refractivity contribution >= 4 is 95.7 Å². The third-order valence-electron chi connectivity index (χ3n) is 9.01. The van der Waals surface area contributed by atoms with E-state index in [1.165, 1.54) is 51.1 Å². The van der Waals surface area contributed by atoms with Gasteiger partial charge in [-0.2, -0.15) is 0 Å². The second-order valence-corrected chi connectivity index (χ2v) is 13.5. The quantitative estimate of drug-likeness (QED) is 0.189. The van der Waals surface area contributed by atoms with Gasteiger partial charge in [0, 0.05) is 56.7 Å².